The number of carbonyl (C=O) groups is 1. The molecule has 2 rings (SSSR count). The first kappa shape index (κ1) is 13.4. The van der Waals surface area contributed by atoms with Gasteiger partial charge >= 0.3 is 6.09 Å². The van der Waals surface area contributed by atoms with Crippen molar-refractivity contribution < 1.29 is 9.53 Å². The van der Waals surface area contributed by atoms with Crippen molar-refractivity contribution in [2.24, 2.45) is 5.92 Å². The van der Waals surface area contributed by atoms with Crippen LogP contribution < -0.4 is 10.2 Å². The number of cyclic esters (lactones) is 1. The summed E-state index contributed by atoms with van der Waals surface area (Å²) in [5, 5.41) is 3.12. The normalized spacial score (nSPS) is 19.8. The molecule has 4 nitrogen and oxygen atoms in total. The largest absolute Gasteiger partial charge is 0.449 e. The van der Waals surface area contributed by atoms with Gasteiger partial charge in [-0.25, -0.2) is 4.79 Å². The Morgan fingerprint density at radius 3 is 3.00 bits per heavy atom. The van der Waals surface area contributed by atoms with Crippen LogP contribution in [-0.2, 0) is 4.74 Å². The van der Waals surface area contributed by atoms with Crippen LogP contribution in [0.2, 0.25) is 0 Å². The van der Waals surface area contributed by atoms with E-state index < -0.39 is 0 Å². The smallest absolute Gasteiger partial charge is 0.414 e. The van der Waals surface area contributed by atoms with Crippen molar-refractivity contribution in [3.8, 4) is 0 Å². The molecule has 18 heavy (non-hydrogen) atoms. The number of carbonyl (C=O) groups excluding carboxylic acids is 1. The van der Waals surface area contributed by atoms with Gasteiger partial charge in [-0.05, 0) is 47.6 Å². The van der Waals surface area contributed by atoms with Gasteiger partial charge in [0.1, 0.15) is 0 Å². The van der Waals surface area contributed by atoms with E-state index in [4.69, 9.17) is 4.74 Å². The Labute approximate surface area is 115 Å². The second-order valence-corrected chi connectivity index (χ2v) is 5.42. The second-order valence-electron chi connectivity index (χ2n) is 4.57. The number of aryl methyl sites for hydroxylation is 1. The zero-order chi connectivity index (χ0) is 13.1. The third-order valence-electron chi connectivity index (χ3n) is 2.99. The lowest BCUT2D eigenvalue weighted by molar-refractivity contribution is 0.115. The molecule has 0 aliphatic carbocycles. The molecule has 1 aliphatic heterocycles. The molecule has 1 N–H and O–H groups in total. The van der Waals surface area contributed by atoms with Crippen molar-refractivity contribution in [3.63, 3.8) is 0 Å². The standard InChI is InChI=1S/C13H17BrN2O2/c1-9-3-4-12(11(14)5-9)16-7-10(6-15-2)8-18-13(16)17/h3-5,10,15H,6-8H2,1-2H3. The molecule has 1 amide bonds. The molecule has 0 bridgehead atoms. The zero-order valence-corrected chi connectivity index (χ0v) is 12.2. The maximum Gasteiger partial charge on any atom is 0.414 e. The summed E-state index contributed by atoms with van der Waals surface area (Å²) in [7, 11) is 1.91. The van der Waals surface area contributed by atoms with E-state index >= 15 is 0 Å². The molecule has 1 unspecified atom stereocenters. The Balaban J connectivity index is 2.21. The van der Waals surface area contributed by atoms with E-state index in [2.05, 4.69) is 21.2 Å². The van der Waals surface area contributed by atoms with Crippen molar-refractivity contribution >= 4 is 27.7 Å². The third-order valence-corrected chi connectivity index (χ3v) is 3.63. The van der Waals surface area contributed by atoms with Crippen LogP contribution >= 0.6 is 15.9 Å². The minimum atomic E-state index is -0.271. The Hall–Kier alpha value is -1.07. The minimum Gasteiger partial charge on any atom is -0.449 e. The van der Waals surface area contributed by atoms with Gasteiger partial charge in [0.15, 0.2) is 0 Å². The lowest BCUT2D eigenvalue weighted by Crippen LogP contribution is -2.46. The Bertz CT molecular complexity index is 451. The van der Waals surface area contributed by atoms with Gasteiger partial charge in [0.2, 0.25) is 0 Å². The molecule has 1 heterocycles. The number of ether oxygens (including phenoxy) is 1. The molecule has 0 radical (unpaired) electrons. The van der Waals surface area contributed by atoms with Gasteiger partial charge in [-0.15, -0.1) is 0 Å². The van der Waals surface area contributed by atoms with Crippen LogP contribution in [0.4, 0.5) is 10.5 Å². The van der Waals surface area contributed by atoms with Crippen molar-refractivity contribution in [3.05, 3.63) is 28.2 Å². The van der Waals surface area contributed by atoms with Gasteiger partial charge in [0.25, 0.3) is 0 Å². The van der Waals surface area contributed by atoms with Crippen molar-refractivity contribution in [1.82, 2.24) is 5.32 Å². The van der Waals surface area contributed by atoms with Gasteiger partial charge in [-0.1, -0.05) is 6.07 Å². The number of hydrogen-bond donors (Lipinski definition) is 1. The highest BCUT2D eigenvalue weighted by Gasteiger charge is 2.28. The number of nitrogens with zero attached hydrogens (tertiary/aromatic N) is 1. The topological polar surface area (TPSA) is 41.6 Å². The molecular formula is C13H17BrN2O2. The lowest BCUT2D eigenvalue weighted by Gasteiger charge is -2.32. The average Bonchev–Trinajstić information content (AvgIpc) is 2.33. The molecule has 1 atom stereocenters. The molecule has 1 aromatic rings. The number of amides is 1. The SMILES string of the molecule is CNCC1COC(=O)N(c2ccc(C)cc2Br)C1. The summed E-state index contributed by atoms with van der Waals surface area (Å²) in [6.07, 6.45) is -0.271. The molecular weight excluding hydrogens is 296 g/mol. The van der Waals surface area contributed by atoms with E-state index in [1.165, 1.54) is 0 Å². The van der Waals surface area contributed by atoms with E-state index in [0.717, 1.165) is 22.3 Å². The van der Waals surface area contributed by atoms with Crippen LogP contribution in [0.1, 0.15) is 5.56 Å². The molecule has 1 fully saturated rings. The maximum absolute atomic E-state index is 11.8. The van der Waals surface area contributed by atoms with E-state index in [1.807, 2.05) is 32.2 Å². The van der Waals surface area contributed by atoms with Gasteiger partial charge < -0.3 is 10.1 Å². The fraction of sp³-hybridized carbons (Fsp3) is 0.462. The molecule has 0 saturated carbocycles. The fourth-order valence-electron chi connectivity index (χ4n) is 2.09. The summed E-state index contributed by atoms with van der Waals surface area (Å²) in [6.45, 7) is 4.03. The number of nitrogens with one attached hydrogen (secondary N) is 1. The van der Waals surface area contributed by atoms with Crippen LogP contribution in [0.5, 0.6) is 0 Å². The first-order valence-corrected chi connectivity index (χ1v) is 6.76. The third kappa shape index (κ3) is 2.84. The highest BCUT2D eigenvalue weighted by molar-refractivity contribution is 9.10. The van der Waals surface area contributed by atoms with E-state index in [0.29, 0.717) is 19.1 Å². The van der Waals surface area contributed by atoms with Crippen LogP contribution in [0.3, 0.4) is 0 Å². The predicted molar refractivity (Wildman–Crippen MR) is 75.0 cm³/mol. The van der Waals surface area contributed by atoms with E-state index in [-0.39, 0.29) is 6.09 Å². The maximum atomic E-state index is 11.8. The number of rotatable bonds is 3. The zero-order valence-electron chi connectivity index (χ0n) is 10.6. The number of hydrogen-bond acceptors (Lipinski definition) is 3. The Kier molecular flexibility index (Phi) is 4.24. The summed E-state index contributed by atoms with van der Waals surface area (Å²) >= 11 is 3.50. The van der Waals surface area contributed by atoms with E-state index in [9.17, 15) is 4.79 Å². The molecule has 1 aromatic carbocycles. The van der Waals surface area contributed by atoms with Crippen molar-refractivity contribution in [2.75, 3.05) is 31.6 Å². The molecule has 5 heteroatoms. The van der Waals surface area contributed by atoms with Gasteiger partial charge in [0.05, 0.1) is 12.3 Å². The van der Waals surface area contributed by atoms with E-state index in [1.54, 1.807) is 4.90 Å². The van der Waals surface area contributed by atoms with Crippen LogP contribution in [0, 0.1) is 12.8 Å². The predicted octanol–water partition coefficient (Wildman–Crippen LogP) is 2.55. The monoisotopic (exact) mass is 312 g/mol. The quantitative estimate of drug-likeness (QED) is 0.932. The minimum absolute atomic E-state index is 0.271. The molecule has 1 saturated heterocycles. The lowest BCUT2D eigenvalue weighted by atomic mass is 10.1. The number of benzene rings is 1. The second kappa shape index (κ2) is 5.71. The van der Waals surface area contributed by atoms with Crippen LogP contribution in [0.15, 0.2) is 22.7 Å². The first-order valence-electron chi connectivity index (χ1n) is 5.97. The molecule has 1 aliphatic rings. The first-order chi connectivity index (χ1) is 8.61. The Morgan fingerprint density at radius 2 is 2.33 bits per heavy atom. The highest BCUT2D eigenvalue weighted by Crippen LogP contribution is 2.29. The van der Waals surface area contributed by atoms with Crippen molar-refractivity contribution in [1.29, 1.82) is 0 Å². The molecule has 0 aromatic heterocycles. The average molecular weight is 313 g/mol. The summed E-state index contributed by atoms with van der Waals surface area (Å²) in [6, 6.07) is 5.95. The van der Waals surface area contributed by atoms with Crippen LogP contribution in [0.25, 0.3) is 0 Å². The number of anilines is 1. The Morgan fingerprint density at radius 1 is 1.56 bits per heavy atom. The van der Waals surface area contributed by atoms with Gasteiger partial charge in [-0.3, -0.25) is 4.90 Å². The summed E-state index contributed by atoms with van der Waals surface area (Å²) < 4.78 is 6.14. The summed E-state index contributed by atoms with van der Waals surface area (Å²) in [5.74, 6) is 0.320. The number of halogens is 1. The van der Waals surface area contributed by atoms with Crippen molar-refractivity contribution in [2.45, 2.75) is 6.92 Å². The summed E-state index contributed by atoms with van der Waals surface area (Å²) in [4.78, 5) is 13.5. The fourth-order valence-corrected chi connectivity index (χ4v) is 2.80. The van der Waals surface area contributed by atoms with Gasteiger partial charge in [-0.2, -0.15) is 0 Å². The van der Waals surface area contributed by atoms with Crippen LogP contribution in [-0.4, -0.2) is 32.8 Å². The molecule has 98 valence electrons. The van der Waals surface area contributed by atoms with Gasteiger partial charge in [0, 0.05) is 23.5 Å². The molecule has 0 spiro atoms. The highest BCUT2D eigenvalue weighted by atomic mass is 79.9. The summed E-state index contributed by atoms with van der Waals surface area (Å²) in [5.41, 5.74) is 2.02.